The number of unbranched alkanes of at least 4 members (excludes halogenated alkanes) is 1. The van der Waals surface area contributed by atoms with Crippen LogP contribution in [0.2, 0.25) is 0 Å². The molecule has 0 N–H and O–H groups in total. The fourth-order valence-corrected chi connectivity index (χ4v) is 2.20. The lowest BCUT2D eigenvalue weighted by molar-refractivity contribution is 0.109. The third-order valence-corrected chi connectivity index (χ3v) is 3.58. The molecule has 0 bridgehead atoms. The quantitative estimate of drug-likeness (QED) is 0.397. The average Bonchev–Trinajstić information content (AvgIpc) is 2.32. The van der Waals surface area contributed by atoms with E-state index in [0.717, 1.165) is 30.3 Å². The van der Waals surface area contributed by atoms with Gasteiger partial charge >= 0.3 is 0 Å². The Kier molecular flexibility index (Phi) is 11.7. The van der Waals surface area contributed by atoms with Gasteiger partial charge in [0.2, 0.25) is 0 Å². The van der Waals surface area contributed by atoms with Gasteiger partial charge in [-0.05, 0) is 23.7 Å². The van der Waals surface area contributed by atoms with Gasteiger partial charge in [0.15, 0.2) is 0 Å². The minimum absolute atomic E-state index is 0.619. The zero-order valence-electron chi connectivity index (χ0n) is 11.3. The molecule has 1 unspecified atom stereocenters. The van der Waals surface area contributed by atoms with Crippen molar-refractivity contribution in [3.05, 3.63) is 37.0 Å². The van der Waals surface area contributed by atoms with E-state index in [1.54, 1.807) is 6.08 Å². The van der Waals surface area contributed by atoms with Crippen LogP contribution >= 0.6 is 11.8 Å². The molecule has 0 aromatic rings. The van der Waals surface area contributed by atoms with Crippen molar-refractivity contribution in [1.29, 1.82) is 0 Å². The van der Waals surface area contributed by atoms with E-state index in [4.69, 9.17) is 4.74 Å². The van der Waals surface area contributed by atoms with Crippen LogP contribution in [0.3, 0.4) is 0 Å². The molecule has 0 spiro atoms. The van der Waals surface area contributed by atoms with Crippen LogP contribution in [-0.4, -0.2) is 24.7 Å². The van der Waals surface area contributed by atoms with Gasteiger partial charge in [0.1, 0.15) is 0 Å². The van der Waals surface area contributed by atoms with Crippen molar-refractivity contribution in [3.8, 4) is 0 Å². The first-order valence-corrected chi connectivity index (χ1v) is 7.48. The zero-order chi connectivity index (χ0) is 12.9. The lowest BCUT2D eigenvalue weighted by Crippen LogP contribution is -2.09. The molecule has 0 aliphatic rings. The average molecular weight is 254 g/mol. The fourth-order valence-electron chi connectivity index (χ4n) is 1.22. The maximum absolute atomic E-state index is 5.60. The number of ether oxygens (including phenoxy) is 1. The molecule has 0 aromatic heterocycles. The molecule has 98 valence electrons. The number of hydrogen-bond acceptors (Lipinski definition) is 2. The highest BCUT2D eigenvalue weighted by Gasteiger charge is 2.02. The van der Waals surface area contributed by atoms with E-state index in [-0.39, 0.29) is 0 Å². The number of thioether (sulfide) groups is 1. The summed E-state index contributed by atoms with van der Waals surface area (Å²) in [5.41, 5.74) is 1.15. The highest BCUT2D eigenvalue weighted by atomic mass is 32.2. The predicted molar refractivity (Wildman–Crippen MR) is 80.7 cm³/mol. The van der Waals surface area contributed by atoms with Crippen LogP contribution < -0.4 is 0 Å². The Bertz CT molecular complexity index is 233. The lowest BCUT2D eigenvalue weighted by Gasteiger charge is -2.11. The second kappa shape index (κ2) is 12.0. The van der Waals surface area contributed by atoms with Gasteiger partial charge in [-0.25, -0.2) is 0 Å². The zero-order valence-corrected chi connectivity index (χ0v) is 12.1. The van der Waals surface area contributed by atoms with E-state index in [9.17, 15) is 0 Å². The minimum atomic E-state index is 0.619. The third kappa shape index (κ3) is 11.8. The van der Waals surface area contributed by atoms with Gasteiger partial charge in [-0.15, -0.1) is 0 Å². The largest absolute Gasteiger partial charge is 0.381 e. The first kappa shape index (κ1) is 16.5. The molecule has 17 heavy (non-hydrogen) atoms. The molecule has 0 aliphatic heterocycles. The summed E-state index contributed by atoms with van der Waals surface area (Å²) in [6.07, 6.45) is 8.10. The van der Waals surface area contributed by atoms with Crippen molar-refractivity contribution in [1.82, 2.24) is 0 Å². The summed E-state index contributed by atoms with van der Waals surface area (Å²) in [5, 5.41) is 0. The van der Waals surface area contributed by atoms with E-state index in [1.807, 2.05) is 23.9 Å². The standard InChI is InChI=1S/C15H26OS/c1-5-7-9-14(3)12-17-13-15(4)11-16-10-8-6-2/h5,7,9,15H,1,3,6,8,10-13H2,2,4H3/b9-7-. The van der Waals surface area contributed by atoms with Crippen LogP contribution in [0.1, 0.15) is 26.7 Å². The maximum atomic E-state index is 5.60. The predicted octanol–water partition coefficient (Wildman–Crippen LogP) is 4.47. The van der Waals surface area contributed by atoms with Gasteiger partial charge in [0.25, 0.3) is 0 Å². The second-order valence-corrected chi connectivity index (χ2v) is 5.33. The molecule has 0 radical (unpaired) electrons. The summed E-state index contributed by atoms with van der Waals surface area (Å²) in [6.45, 7) is 13.8. The molecule has 0 heterocycles. The molecular formula is C15H26OS. The Balaban J connectivity index is 3.43. The molecule has 2 heteroatoms. The summed E-state index contributed by atoms with van der Waals surface area (Å²) in [5.74, 6) is 2.74. The molecule has 1 nitrogen and oxygen atoms in total. The molecule has 0 aliphatic carbocycles. The molecule has 0 aromatic carbocycles. The first-order valence-electron chi connectivity index (χ1n) is 6.33. The van der Waals surface area contributed by atoms with Gasteiger partial charge in [-0.3, -0.25) is 0 Å². The van der Waals surface area contributed by atoms with Crippen LogP contribution in [0.25, 0.3) is 0 Å². The van der Waals surface area contributed by atoms with Gasteiger partial charge in [-0.1, -0.05) is 51.7 Å². The van der Waals surface area contributed by atoms with E-state index >= 15 is 0 Å². The van der Waals surface area contributed by atoms with E-state index in [2.05, 4.69) is 27.0 Å². The fraction of sp³-hybridized carbons (Fsp3) is 0.600. The SMILES string of the molecule is C=C/C=C\C(=C)CSCC(C)COCCCC. The molecule has 0 saturated carbocycles. The van der Waals surface area contributed by atoms with Crippen LogP contribution in [0, 0.1) is 5.92 Å². The summed E-state index contributed by atoms with van der Waals surface area (Å²) in [7, 11) is 0. The van der Waals surface area contributed by atoms with Crippen molar-refractivity contribution in [2.45, 2.75) is 26.7 Å². The van der Waals surface area contributed by atoms with Gasteiger partial charge in [0, 0.05) is 19.0 Å². The van der Waals surface area contributed by atoms with Crippen molar-refractivity contribution < 1.29 is 4.74 Å². The van der Waals surface area contributed by atoms with Gasteiger partial charge in [0.05, 0.1) is 0 Å². The summed E-state index contributed by atoms with van der Waals surface area (Å²) < 4.78 is 5.60. The van der Waals surface area contributed by atoms with Crippen LogP contribution in [0.5, 0.6) is 0 Å². The van der Waals surface area contributed by atoms with E-state index in [0.29, 0.717) is 5.92 Å². The highest BCUT2D eigenvalue weighted by molar-refractivity contribution is 7.99. The Hall–Kier alpha value is -0.470. The van der Waals surface area contributed by atoms with Gasteiger partial charge < -0.3 is 4.74 Å². The Labute approximate surface area is 111 Å². The number of rotatable bonds is 11. The molecule has 0 rings (SSSR count). The number of hydrogen-bond donors (Lipinski definition) is 0. The summed E-state index contributed by atoms with van der Waals surface area (Å²) in [4.78, 5) is 0. The molecule has 0 fully saturated rings. The highest BCUT2D eigenvalue weighted by Crippen LogP contribution is 2.12. The Morgan fingerprint density at radius 3 is 2.88 bits per heavy atom. The van der Waals surface area contributed by atoms with Crippen LogP contribution in [0.4, 0.5) is 0 Å². The molecule has 0 amide bonds. The van der Waals surface area contributed by atoms with Gasteiger partial charge in [-0.2, -0.15) is 11.8 Å². The number of allylic oxidation sites excluding steroid dienone is 3. The summed E-state index contributed by atoms with van der Waals surface area (Å²) in [6, 6.07) is 0. The topological polar surface area (TPSA) is 9.23 Å². The molecule has 0 saturated heterocycles. The van der Waals surface area contributed by atoms with Crippen LogP contribution in [0.15, 0.2) is 37.0 Å². The third-order valence-electron chi connectivity index (χ3n) is 2.20. The van der Waals surface area contributed by atoms with E-state index in [1.165, 1.54) is 12.8 Å². The maximum Gasteiger partial charge on any atom is 0.0499 e. The first-order chi connectivity index (χ1) is 8.20. The van der Waals surface area contributed by atoms with Crippen molar-refractivity contribution >= 4 is 11.8 Å². The minimum Gasteiger partial charge on any atom is -0.381 e. The van der Waals surface area contributed by atoms with E-state index < -0.39 is 0 Å². The van der Waals surface area contributed by atoms with Crippen LogP contribution in [-0.2, 0) is 4.74 Å². The Morgan fingerprint density at radius 1 is 1.47 bits per heavy atom. The monoisotopic (exact) mass is 254 g/mol. The Morgan fingerprint density at radius 2 is 2.24 bits per heavy atom. The van der Waals surface area contributed by atoms with Crippen molar-refractivity contribution in [2.75, 3.05) is 24.7 Å². The van der Waals surface area contributed by atoms with Crippen molar-refractivity contribution in [2.24, 2.45) is 5.92 Å². The molecular weight excluding hydrogens is 228 g/mol. The second-order valence-electron chi connectivity index (χ2n) is 4.30. The summed E-state index contributed by atoms with van der Waals surface area (Å²) >= 11 is 1.92. The lowest BCUT2D eigenvalue weighted by atomic mass is 10.2. The van der Waals surface area contributed by atoms with Crippen molar-refractivity contribution in [3.63, 3.8) is 0 Å². The normalized spacial score (nSPS) is 12.8. The molecule has 1 atom stereocenters. The smallest absolute Gasteiger partial charge is 0.0499 e.